The summed E-state index contributed by atoms with van der Waals surface area (Å²) in [6.45, 7) is 3.47. The molecule has 7 nitrogen and oxygen atoms in total. The Balaban J connectivity index is 1.89. The maximum Gasteiger partial charge on any atom is 0.408 e. The highest BCUT2D eigenvalue weighted by Gasteiger charge is 2.15. The van der Waals surface area contributed by atoms with Gasteiger partial charge in [-0.1, -0.05) is 43.0 Å². The number of aromatic nitrogens is 1. The number of hydrogen-bond acceptors (Lipinski definition) is 6. The minimum Gasteiger partial charge on any atom is -0.441 e. The number of carbonyl (C=O) groups is 1. The topological polar surface area (TPSA) is 109 Å². The maximum atomic E-state index is 12.2. The fourth-order valence-corrected chi connectivity index (χ4v) is 4.25. The van der Waals surface area contributed by atoms with Crippen molar-refractivity contribution in [2.45, 2.75) is 37.6 Å². The zero-order valence-corrected chi connectivity index (χ0v) is 17.6. The lowest BCUT2D eigenvalue weighted by molar-refractivity contribution is 0.0947. The second-order valence-electron chi connectivity index (χ2n) is 6.38. The molecular weight excluding hydrogens is 399 g/mol. The fraction of sp³-hybridized carbons (Fsp3) is 0.368. The number of ether oxygens (including phenoxy) is 1. The molecule has 0 spiro atoms. The Hall–Kier alpha value is -1.86. The van der Waals surface area contributed by atoms with Crippen molar-refractivity contribution in [3.8, 4) is 0 Å². The van der Waals surface area contributed by atoms with Gasteiger partial charge < -0.3 is 20.1 Å². The van der Waals surface area contributed by atoms with Crippen molar-refractivity contribution >= 4 is 25.2 Å². The number of alkyl carbamates (subject to hydrolysis) is 1. The second-order valence-corrected chi connectivity index (χ2v) is 10.2. The molecule has 0 aliphatic rings. The minimum atomic E-state index is -3.11. The van der Waals surface area contributed by atoms with E-state index in [4.69, 9.17) is 9.84 Å². The van der Waals surface area contributed by atoms with Gasteiger partial charge in [0.25, 0.3) is 0 Å². The van der Waals surface area contributed by atoms with E-state index in [1.807, 2.05) is 19.1 Å². The van der Waals surface area contributed by atoms with Gasteiger partial charge in [-0.15, -0.1) is 0 Å². The molecule has 1 aromatic carbocycles. The summed E-state index contributed by atoms with van der Waals surface area (Å²) in [6.07, 6.45) is 1.32. The van der Waals surface area contributed by atoms with Gasteiger partial charge in [0, 0.05) is 19.4 Å². The van der Waals surface area contributed by atoms with E-state index in [2.05, 4.69) is 10.3 Å². The molecule has 28 heavy (non-hydrogen) atoms. The third-order valence-electron chi connectivity index (χ3n) is 3.84. The number of amides is 1. The quantitative estimate of drug-likeness (QED) is 0.414. The number of thioether (sulfide) groups is 1. The molecule has 0 aliphatic carbocycles. The fourth-order valence-electron chi connectivity index (χ4n) is 2.40. The number of benzene rings is 1. The normalized spacial score (nSPS) is 14.1. The maximum absolute atomic E-state index is 12.2. The minimum absolute atomic E-state index is 0.0290. The number of nitrogens with zero attached hydrogens (tertiary/aromatic N) is 1. The largest absolute Gasteiger partial charge is 0.441 e. The number of aliphatic hydroxyl groups is 1. The van der Waals surface area contributed by atoms with Crippen LogP contribution in [0.15, 0.2) is 47.6 Å². The monoisotopic (exact) mass is 424 g/mol. The van der Waals surface area contributed by atoms with E-state index in [-0.39, 0.29) is 24.7 Å². The van der Waals surface area contributed by atoms with E-state index in [0.717, 1.165) is 16.7 Å². The Bertz CT molecular complexity index is 825. The molecule has 1 unspecified atom stereocenters. The van der Waals surface area contributed by atoms with Crippen molar-refractivity contribution < 1.29 is 24.1 Å². The number of carbonyl (C=O) groups excluding carboxylic acids is 1. The predicted molar refractivity (Wildman–Crippen MR) is 109 cm³/mol. The molecule has 0 saturated heterocycles. The van der Waals surface area contributed by atoms with Crippen molar-refractivity contribution in [1.82, 2.24) is 10.3 Å². The van der Waals surface area contributed by atoms with Crippen LogP contribution in [0.25, 0.3) is 0 Å². The van der Waals surface area contributed by atoms with Gasteiger partial charge in [-0.3, -0.25) is 4.57 Å². The summed E-state index contributed by atoms with van der Waals surface area (Å²) in [6, 6.07) is 10.8. The van der Waals surface area contributed by atoms with Crippen LogP contribution in [0.4, 0.5) is 4.79 Å². The van der Waals surface area contributed by atoms with Crippen LogP contribution in [-0.4, -0.2) is 33.2 Å². The highest BCUT2D eigenvalue weighted by Crippen LogP contribution is 2.41. The second kappa shape index (κ2) is 10.6. The number of pyridine rings is 1. The smallest absolute Gasteiger partial charge is 0.408 e. The van der Waals surface area contributed by atoms with Crippen molar-refractivity contribution in [3.05, 3.63) is 59.3 Å². The summed E-state index contributed by atoms with van der Waals surface area (Å²) in [5.41, 5.74) is 2.57. The number of rotatable bonds is 9. The average molecular weight is 424 g/mol. The Morgan fingerprint density at radius 2 is 2.00 bits per heavy atom. The Morgan fingerprint density at radius 1 is 1.29 bits per heavy atom. The average Bonchev–Trinajstić information content (AvgIpc) is 2.69. The first-order valence-electron chi connectivity index (χ1n) is 8.82. The molecule has 1 heterocycles. The number of hydrogen-bond donors (Lipinski definition) is 3. The molecule has 0 radical (unpaired) electrons. The van der Waals surface area contributed by atoms with E-state index in [1.165, 1.54) is 18.4 Å². The molecule has 2 rings (SSSR count). The molecule has 2 aromatic rings. The van der Waals surface area contributed by atoms with Crippen LogP contribution >= 0.6 is 19.1 Å². The van der Waals surface area contributed by atoms with Gasteiger partial charge in [-0.25, -0.2) is 9.78 Å². The summed E-state index contributed by atoms with van der Waals surface area (Å²) < 4.78 is 16.9. The third-order valence-corrected chi connectivity index (χ3v) is 6.79. The zero-order chi connectivity index (χ0) is 20.6. The van der Waals surface area contributed by atoms with Gasteiger partial charge in [-0.05, 0) is 35.2 Å². The van der Waals surface area contributed by atoms with Crippen molar-refractivity contribution in [1.29, 1.82) is 0 Å². The lowest BCUT2D eigenvalue weighted by Crippen LogP contribution is -2.25. The molecule has 0 fully saturated rings. The summed E-state index contributed by atoms with van der Waals surface area (Å²) in [7, 11) is -3.11. The number of nitrogens with one attached hydrogen (secondary N) is 1. The first-order valence-corrected chi connectivity index (χ1v) is 12.1. The Labute approximate surface area is 169 Å². The van der Waals surface area contributed by atoms with Gasteiger partial charge in [0.2, 0.25) is 7.37 Å². The third kappa shape index (κ3) is 7.64. The van der Waals surface area contributed by atoms with Crippen LogP contribution in [0.3, 0.4) is 0 Å². The molecule has 1 amide bonds. The summed E-state index contributed by atoms with van der Waals surface area (Å²) in [4.78, 5) is 25.7. The van der Waals surface area contributed by atoms with Gasteiger partial charge in [0.05, 0.1) is 17.1 Å². The zero-order valence-electron chi connectivity index (χ0n) is 15.9. The van der Waals surface area contributed by atoms with Crippen LogP contribution in [0.1, 0.15) is 36.1 Å². The summed E-state index contributed by atoms with van der Waals surface area (Å²) in [5.74, 6) is 0. The summed E-state index contributed by atoms with van der Waals surface area (Å²) >= 11 is 1.20. The lowest BCUT2D eigenvalue weighted by atomic mass is 10.1. The molecule has 0 saturated carbocycles. The lowest BCUT2D eigenvalue weighted by Gasteiger charge is -2.17. The highest BCUT2D eigenvalue weighted by atomic mass is 32.2. The Kier molecular flexibility index (Phi) is 8.51. The standard InChI is InChI=1S/C19H25N2O5PS/c1-3-17(16-6-4-14(12-22)5-7-16)26-19(23)21-11-15-8-9-20-18(10-15)28-13-27(2,24)25/h4-10,17,22H,3,11-13H2,1-2H3,(H,21,23)(H,24,25)/t17-/m0/s1. The van der Waals surface area contributed by atoms with E-state index >= 15 is 0 Å². The van der Waals surface area contributed by atoms with E-state index in [9.17, 15) is 14.3 Å². The van der Waals surface area contributed by atoms with Crippen LogP contribution in [0.5, 0.6) is 0 Å². The first-order chi connectivity index (χ1) is 13.3. The SMILES string of the molecule is CC[C@H](OC(=O)NCc1ccnc(SCP(C)(=O)O)c1)c1ccc(CO)cc1. The van der Waals surface area contributed by atoms with Gasteiger partial charge in [0.1, 0.15) is 6.10 Å². The van der Waals surface area contributed by atoms with Crippen LogP contribution in [-0.2, 0) is 22.5 Å². The van der Waals surface area contributed by atoms with Gasteiger partial charge in [0.15, 0.2) is 0 Å². The molecule has 0 aliphatic heterocycles. The molecule has 0 bridgehead atoms. The van der Waals surface area contributed by atoms with E-state index in [0.29, 0.717) is 11.4 Å². The first kappa shape index (κ1) is 22.4. The van der Waals surface area contributed by atoms with Gasteiger partial charge in [-0.2, -0.15) is 0 Å². The van der Waals surface area contributed by atoms with Gasteiger partial charge >= 0.3 is 6.09 Å². The van der Waals surface area contributed by atoms with Crippen LogP contribution in [0, 0.1) is 0 Å². The van der Waals surface area contributed by atoms with Crippen molar-refractivity contribution in [2.75, 3.05) is 12.2 Å². The van der Waals surface area contributed by atoms with E-state index < -0.39 is 13.5 Å². The van der Waals surface area contributed by atoms with Crippen molar-refractivity contribution in [3.63, 3.8) is 0 Å². The Morgan fingerprint density at radius 3 is 2.61 bits per heavy atom. The highest BCUT2D eigenvalue weighted by molar-refractivity contribution is 8.04. The van der Waals surface area contributed by atoms with Crippen LogP contribution in [0.2, 0.25) is 0 Å². The molecule has 152 valence electrons. The number of aliphatic hydroxyl groups excluding tert-OH is 1. The van der Waals surface area contributed by atoms with E-state index in [1.54, 1.807) is 30.5 Å². The molecule has 1 aromatic heterocycles. The van der Waals surface area contributed by atoms with Crippen molar-refractivity contribution in [2.24, 2.45) is 0 Å². The predicted octanol–water partition coefficient (Wildman–Crippen LogP) is 3.90. The van der Waals surface area contributed by atoms with Crippen LogP contribution < -0.4 is 5.32 Å². The molecule has 9 heteroatoms. The molecule has 2 atom stereocenters. The molecular formula is C19H25N2O5PS. The summed E-state index contributed by atoms with van der Waals surface area (Å²) in [5, 5.41) is 12.5. The molecule has 3 N–H and O–H groups in total.